The average molecular weight is 276 g/mol. The Morgan fingerprint density at radius 1 is 1.40 bits per heavy atom. The Morgan fingerprint density at radius 2 is 2.15 bits per heavy atom. The van der Waals surface area contributed by atoms with E-state index in [1.807, 2.05) is 18.2 Å². The molecule has 0 aliphatic carbocycles. The van der Waals surface area contributed by atoms with Crippen LogP contribution >= 0.6 is 0 Å². The Labute approximate surface area is 120 Å². The van der Waals surface area contributed by atoms with Gasteiger partial charge in [0.25, 0.3) is 0 Å². The lowest BCUT2D eigenvalue weighted by Crippen LogP contribution is -2.49. The van der Waals surface area contributed by atoms with Gasteiger partial charge in [0.2, 0.25) is 0 Å². The first kappa shape index (κ1) is 14.9. The summed E-state index contributed by atoms with van der Waals surface area (Å²) in [6.45, 7) is 3.88. The highest BCUT2D eigenvalue weighted by Gasteiger charge is 2.30. The van der Waals surface area contributed by atoms with Crippen molar-refractivity contribution in [2.24, 2.45) is 5.73 Å². The van der Waals surface area contributed by atoms with Crippen molar-refractivity contribution in [2.45, 2.75) is 38.1 Å². The number of nitrogens with two attached hydrogens (primary N) is 1. The van der Waals surface area contributed by atoms with Crippen LogP contribution in [0.1, 0.15) is 37.7 Å². The summed E-state index contributed by atoms with van der Waals surface area (Å²) in [5.41, 5.74) is 7.51. The van der Waals surface area contributed by atoms with Gasteiger partial charge in [0.05, 0.1) is 6.61 Å². The zero-order chi connectivity index (χ0) is 14.4. The maximum absolute atomic E-state index is 11.9. The number of likely N-dealkylation sites (tertiary alicyclic amines) is 1. The lowest BCUT2D eigenvalue weighted by Gasteiger charge is -2.36. The molecule has 110 valence electrons. The summed E-state index contributed by atoms with van der Waals surface area (Å²) in [5.74, 6) is 0.330. The molecule has 20 heavy (non-hydrogen) atoms. The van der Waals surface area contributed by atoms with E-state index in [4.69, 9.17) is 10.5 Å². The summed E-state index contributed by atoms with van der Waals surface area (Å²) in [5, 5.41) is 0. The van der Waals surface area contributed by atoms with Crippen molar-refractivity contribution in [2.75, 3.05) is 19.7 Å². The summed E-state index contributed by atoms with van der Waals surface area (Å²) in [4.78, 5) is 13.6. The van der Waals surface area contributed by atoms with Crippen LogP contribution in [0.15, 0.2) is 30.3 Å². The molecule has 0 radical (unpaired) electrons. The minimum absolute atomic E-state index is 0.0233. The molecule has 0 aromatic heterocycles. The molecule has 1 aliphatic rings. The zero-order valence-corrected chi connectivity index (χ0v) is 12.1. The Kier molecular flexibility index (Phi) is 5.41. The van der Waals surface area contributed by atoms with Gasteiger partial charge in [0.1, 0.15) is 0 Å². The number of nitrogens with zero attached hydrogens (tertiary/aromatic N) is 1. The lowest BCUT2D eigenvalue weighted by atomic mass is 9.86. The lowest BCUT2D eigenvalue weighted by molar-refractivity contribution is 0.0875. The van der Waals surface area contributed by atoms with E-state index in [-0.39, 0.29) is 12.1 Å². The minimum atomic E-state index is -0.222. The van der Waals surface area contributed by atoms with E-state index < -0.39 is 0 Å². The Morgan fingerprint density at radius 3 is 2.80 bits per heavy atom. The third kappa shape index (κ3) is 3.73. The van der Waals surface area contributed by atoms with Crippen LogP contribution in [0.4, 0.5) is 4.79 Å². The van der Waals surface area contributed by atoms with Gasteiger partial charge in [-0.25, -0.2) is 4.79 Å². The first-order chi connectivity index (χ1) is 9.72. The zero-order valence-electron chi connectivity index (χ0n) is 12.1. The van der Waals surface area contributed by atoms with Gasteiger partial charge in [-0.1, -0.05) is 43.7 Å². The van der Waals surface area contributed by atoms with Gasteiger partial charge in [-0.05, 0) is 18.4 Å². The van der Waals surface area contributed by atoms with Crippen LogP contribution in [0.2, 0.25) is 0 Å². The van der Waals surface area contributed by atoms with Gasteiger partial charge < -0.3 is 15.4 Å². The Hall–Kier alpha value is -1.55. The molecule has 1 amide bonds. The molecule has 1 aliphatic heterocycles. The molecular weight excluding hydrogens is 252 g/mol. The van der Waals surface area contributed by atoms with Crippen molar-refractivity contribution in [1.29, 1.82) is 0 Å². The fourth-order valence-electron chi connectivity index (χ4n) is 2.66. The normalized spacial score (nSPS) is 22.6. The van der Waals surface area contributed by atoms with E-state index in [2.05, 4.69) is 19.1 Å². The molecule has 1 aromatic carbocycles. The second kappa shape index (κ2) is 7.29. The molecule has 4 nitrogen and oxygen atoms in total. The average Bonchev–Trinajstić information content (AvgIpc) is 2.48. The predicted molar refractivity (Wildman–Crippen MR) is 79.6 cm³/mol. The van der Waals surface area contributed by atoms with Gasteiger partial charge in [-0.2, -0.15) is 0 Å². The monoisotopic (exact) mass is 276 g/mol. The predicted octanol–water partition coefficient (Wildman–Crippen LogP) is 2.74. The van der Waals surface area contributed by atoms with Crippen LogP contribution in [0, 0.1) is 0 Å². The number of unbranched alkanes of at least 4 members (excludes halogenated alkanes) is 1. The Balaban J connectivity index is 1.87. The molecular formula is C16H24N2O2. The van der Waals surface area contributed by atoms with E-state index >= 15 is 0 Å². The summed E-state index contributed by atoms with van der Waals surface area (Å²) in [7, 11) is 0. The molecule has 0 spiro atoms. The molecule has 2 atom stereocenters. The van der Waals surface area contributed by atoms with Crippen LogP contribution in [-0.2, 0) is 4.74 Å². The first-order valence-corrected chi connectivity index (χ1v) is 7.44. The van der Waals surface area contributed by atoms with Crippen molar-refractivity contribution in [3.05, 3.63) is 35.9 Å². The van der Waals surface area contributed by atoms with E-state index in [1.165, 1.54) is 5.56 Å². The number of piperidine rings is 1. The smallest absolute Gasteiger partial charge is 0.409 e. The summed E-state index contributed by atoms with van der Waals surface area (Å²) >= 11 is 0. The number of benzene rings is 1. The number of hydrogen-bond acceptors (Lipinski definition) is 3. The van der Waals surface area contributed by atoms with Crippen molar-refractivity contribution < 1.29 is 9.53 Å². The molecule has 2 N–H and O–H groups in total. The standard InChI is InChI=1S/C16H24N2O2/c1-2-3-11-20-16(19)18-10-9-14(15(17)12-18)13-7-5-4-6-8-13/h4-8,14-15H,2-3,9-12,17H2,1H3. The maximum atomic E-state index is 11.9. The topological polar surface area (TPSA) is 55.6 Å². The van der Waals surface area contributed by atoms with Crippen molar-refractivity contribution in [3.8, 4) is 0 Å². The molecule has 1 aromatic rings. The molecule has 2 rings (SSSR count). The van der Waals surface area contributed by atoms with Gasteiger partial charge in [0.15, 0.2) is 0 Å². The first-order valence-electron chi connectivity index (χ1n) is 7.44. The van der Waals surface area contributed by atoms with Crippen molar-refractivity contribution in [1.82, 2.24) is 4.90 Å². The molecule has 4 heteroatoms. The Bertz CT molecular complexity index is 422. The fraction of sp³-hybridized carbons (Fsp3) is 0.562. The largest absolute Gasteiger partial charge is 0.449 e. The van der Waals surface area contributed by atoms with E-state index in [0.717, 1.165) is 25.8 Å². The third-order valence-electron chi connectivity index (χ3n) is 3.87. The number of carbonyl (C=O) groups is 1. The number of amides is 1. The molecule has 0 bridgehead atoms. The van der Waals surface area contributed by atoms with Gasteiger partial charge in [-0.15, -0.1) is 0 Å². The number of ether oxygens (including phenoxy) is 1. The number of carbonyl (C=O) groups excluding carboxylic acids is 1. The molecule has 1 heterocycles. The van der Waals surface area contributed by atoms with Gasteiger partial charge >= 0.3 is 6.09 Å². The van der Waals surface area contributed by atoms with Crippen LogP contribution in [-0.4, -0.2) is 36.7 Å². The molecule has 1 saturated heterocycles. The SMILES string of the molecule is CCCCOC(=O)N1CCC(c2ccccc2)C(N)C1. The minimum Gasteiger partial charge on any atom is -0.449 e. The summed E-state index contributed by atoms with van der Waals surface area (Å²) in [6, 6.07) is 10.3. The quantitative estimate of drug-likeness (QED) is 0.860. The number of rotatable bonds is 4. The van der Waals surface area contributed by atoms with Crippen LogP contribution in [0.3, 0.4) is 0 Å². The molecule has 1 fully saturated rings. The van der Waals surface area contributed by atoms with Crippen molar-refractivity contribution in [3.63, 3.8) is 0 Å². The van der Waals surface area contributed by atoms with Crippen LogP contribution in [0.25, 0.3) is 0 Å². The fourth-order valence-corrected chi connectivity index (χ4v) is 2.66. The second-order valence-electron chi connectivity index (χ2n) is 5.38. The summed E-state index contributed by atoms with van der Waals surface area (Å²) in [6.07, 6.45) is 2.62. The maximum Gasteiger partial charge on any atom is 0.409 e. The number of hydrogen-bond donors (Lipinski definition) is 1. The van der Waals surface area contributed by atoms with E-state index in [0.29, 0.717) is 19.1 Å². The highest BCUT2D eigenvalue weighted by molar-refractivity contribution is 5.67. The summed E-state index contributed by atoms with van der Waals surface area (Å²) < 4.78 is 5.24. The van der Waals surface area contributed by atoms with Crippen LogP contribution < -0.4 is 5.73 Å². The second-order valence-corrected chi connectivity index (χ2v) is 5.38. The van der Waals surface area contributed by atoms with E-state index in [9.17, 15) is 4.79 Å². The van der Waals surface area contributed by atoms with E-state index in [1.54, 1.807) is 4.90 Å². The molecule has 0 saturated carbocycles. The highest BCUT2D eigenvalue weighted by Crippen LogP contribution is 2.27. The van der Waals surface area contributed by atoms with Gasteiger partial charge in [-0.3, -0.25) is 0 Å². The highest BCUT2D eigenvalue weighted by atomic mass is 16.6. The van der Waals surface area contributed by atoms with Gasteiger partial charge in [0, 0.05) is 25.0 Å². The van der Waals surface area contributed by atoms with Crippen molar-refractivity contribution >= 4 is 6.09 Å². The van der Waals surface area contributed by atoms with Crippen LogP contribution in [0.5, 0.6) is 0 Å². The third-order valence-corrected chi connectivity index (χ3v) is 3.87. The molecule has 2 unspecified atom stereocenters.